The number of hydrogen-bond acceptors (Lipinski definition) is 6. The third kappa shape index (κ3) is 3.74. The lowest BCUT2D eigenvalue weighted by molar-refractivity contribution is -0.0227. The number of nitrogens with one attached hydrogen (secondary N) is 1. The summed E-state index contributed by atoms with van der Waals surface area (Å²) in [5.74, 6) is 0.151. The molecular formula is C22H17ClN4O3S. The van der Waals surface area contributed by atoms with Crippen molar-refractivity contribution in [1.29, 1.82) is 0 Å². The van der Waals surface area contributed by atoms with Crippen LogP contribution < -0.4 is 5.56 Å². The molecule has 1 aliphatic rings. The van der Waals surface area contributed by atoms with Crippen LogP contribution in [-0.4, -0.2) is 45.5 Å². The van der Waals surface area contributed by atoms with Gasteiger partial charge < -0.3 is 14.6 Å². The number of aromatic amines is 1. The molecule has 1 aliphatic heterocycles. The van der Waals surface area contributed by atoms with Gasteiger partial charge in [-0.15, -0.1) is 11.3 Å². The SMILES string of the molecule is O=C(c1csc2c(=O)[nH]c(-c3ccccn3)nc12)N1CCOC(c2ccccc2Cl)C1. The predicted octanol–water partition coefficient (Wildman–Crippen LogP) is 3.91. The second-order valence-electron chi connectivity index (χ2n) is 7.09. The van der Waals surface area contributed by atoms with Crippen LogP contribution in [0.15, 0.2) is 58.8 Å². The summed E-state index contributed by atoms with van der Waals surface area (Å²) in [5.41, 5.74) is 1.90. The Morgan fingerprint density at radius 3 is 2.87 bits per heavy atom. The van der Waals surface area contributed by atoms with E-state index in [1.54, 1.807) is 28.6 Å². The van der Waals surface area contributed by atoms with Gasteiger partial charge in [0.05, 0.1) is 18.7 Å². The minimum absolute atomic E-state index is 0.184. The van der Waals surface area contributed by atoms with Crippen molar-refractivity contribution >= 4 is 39.1 Å². The maximum atomic E-state index is 13.4. The number of benzene rings is 1. The maximum absolute atomic E-state index is 13.4. The van der Waals surface area contributed by atoms with Crippen LogP contribution in [0.25, 0.3) is 21.7 Å². The van der Waals surface area contributed by atoms with Gasteiger partial charge in [0.15, 0.2) is 5.82 Å². The summed E-state index contributed by atoms with van der Waals surface area (Å²) in [6.07, 6.45) is 1.32. The maximum Gasteiger partial charge on any atom is 0.269 e. The Kier molecular flexibility index (Phi) is 5.27. The minimum atomic E-state index is -0.309. The molecule has 1 amide bonds. The molecule has 1 N–H and O–H groups in total. The number of aromatic nitrogens is 3. The number of nitrogens with zero attached hydrogens (tertiary/aromatic N) is 3. The predicted molar refractivity (Wildman–Crippen MR) is 120 cm³/mol. The summed E-state index contributed by atoms with van der Waals surface area (Å²) in [5, 5.41) is 2.30. The zero-order valence-electron chi connectivity index (χ0n) is 16.2. The molecule has 7 nitrogen and oxygen atoms in total. The smallest absolute Gasteiger partial charge is 0.269 e. The molecule has 0 saturated carbocycles. The van der Waals surface area contributed by atoms with E-state index in [0.717, 1.165) is 5.56 Å². The Balaban J connectivity index is 1.49. The minimum Gasteiger partial charge on any atom is -0.370 e. The van der Waals surface area contributed by atoms with Gasteiger partial charge in [0.25, 0.3) is 11.5 Å². The van der Waals surface area contributed by atoms with E-state index >= 15 is 0 Å². The molecule has 0 radical (unpaired) electrons. The fourth-order valence-electron chi connectivity index (χ4n) is 3.63. The van der Waals surface area contributed by atoms with Crippen LogP contribution >= 0.6 is 22.9 Å². The Hall–Kier alpha value is -3.07. The van der Waals surface area contributed by atoms with Crippen molar-refractivity contribution in [3.63, 3.8) is 0 Å². The van der Waals surface area contributed by atoms with Crippen LogP contribution in [0.5, 0.6) is 0 Å². The highest BCUT2D eigenvalue weighted by atomic mass is 35.5. The van der Waals surface area contributed by atoms with Crippen LogP contribution in [0.1, 0.15) is 22.0 Å². The highest BCUT2D eigenvalue weighted by Gasteiger charge is 2.29. The molecule has 1 atom stereocenters. The first-order valence-electron chi connectivity index (χ1n) is 9.70. The van der Waals surface area contributed by atoms with Crippen LogP contribution in [0.3, 0.4) is 0 Å². The summed E-state index contributed by atoms with van der Waals surface area (Å²) in [4.78, 5) is 39.2. The molecular weight excluding hydrogens is 436 g/mol. The Labute approximate surface area is 186 Å². The van der Waals surface area contributed by atoms with E-state index in [0.29, 0.717) is 52.0 Å². The van der Waals surface area contributed by atoms with Gasteiger partial charge in [-0.1, -0.05) is 35.9 Å². The molecule has 1 saturated heterocycles. The molecule has 4 heterocycles. The van der Waals surface area contributed by atoms with Gasteiger partial charge >= 0.3 is 0 Å². The molecule has 9 heteroatoms. The summed E-state index contributed by atoms with van der Waals surface area (Å²) >= 11 is 7.53. The van der Waals surface area contributed by atoms with Crippen molar-refractivity contribution in [2.45, 2.75) is 6.10 Å². The molecule has 31 heavy (non-hydrogen) atoms. The number of ether oxygens (including phenoxy) is 1. The van der Waals surface area contributed by atoms with E-state index < -0.39 is 0 Å². The molecule has 0 spiro atoms. The third-order valence-corrected chi connectivity index (χ3v) is 6.48. The first kappa shape index (κ1) is 19.9. The number of rotatable bonds is 3. The van der Waals surface area contributed by atoms with E-state index in [4.69, 9.17) is 16.3 Å². The molecule has 0 aliphatic carbocycles. The number of halogens is 1. The van der Waals surface area contributed by atoms with E-state index in [9.17, 15) is 9.59 Å². The summed E-state index contributed by atoms with van der Waals surface area (Å²) in [6.45, 7) is 1.22. The van der Waals surface area contributed by atoms with E-state index in [2.05, 4.69) is 15.0 Å². The van der Waals surface area contributed by atoms with E-state index in [1.165, 1.54) is 11.3 Å². The normalized spacial score (nSPS) is 16.5. The summed E-state index contributed by atoms with van der Waals surface area (Å²) in [6, 6.07) is 12.8. The van der Waals surface area contributed by atoms with Gasteiger partial charge in [-0.05, 0) is 18.2 Å². The monoisotopic (exact) mass is 452 g/mol. The van der Waals surface area contributed by atoms with Gasteiger partial charge in [-0.3, -0.25) is 14.6 Å². The summed E-state index contributed by atoms with van der Waals surface area (Å²) < 4.78 is 6.29. The van der Waals surface area contributed by atoms with Crippen molar-refractivity contribution in [3.05, 3.63) is 80.5 Å². The molecule has 1 aromatic carbocycles. The molecule has 3 aromatic heterocycles. The number of hydrogen-bond donors (Lipinski definition) is 1. The largest absolute Gasteiger partial charge is 0.370 e. The van der Waals surface area contributed by atoms with Crippen molar-refractivity contribution in [3.8, 4) is 11.5 Å². The fourth-order valence-corrected chi connectivity index (χ4v) is 4.76. The van der Waals surface area contributed by atoms with Crippen molar-refractivity contribution < 1.29 is 9.53 Å². The fraction of sp³-hybridized carbons (Fsp3) is 0.182. The summed E-state index contributed by atoms with van der Waals surface area (Å²) in [7, 11) is 0. The van der Waals surface area contributed by atoms with Gasteiger partial charge in [0, 0.05) is 28.7 Å². The zero-order chi connectivity index (χ0) is 21.4. The molecule has 1 fully saturated rings. The molecule has 0 bridgehead atoms. The number of thiophene rings is 1. The Morgan fingerprint density at radius 2 is 2.06 bits per heavy atom. The first-order valence-corrected chi connectivity index (χ1v) is 11.0. The molecule has 5 rings (SSSR count). The Bertz CT molecular complexity index is 1320. The second-order valence-corrected chi connectivity index (χ2v) is 8.38. The first-order chi connectivity index (χ1) is 15.1. The lowest BCUT2D eigenvalue weighted by atomic mass is 10.1. The average Bonchev–Trinajstić information content (AvgIpc) is 3.24. The van der Waals surface area contributed by atoms with Gasteiger partial charge in [0.1, 0.15) is 22.0 Å². The van der Waals surface area contributed by atoms with Crippen LogP contribution in [0.2, 0.25) is 5.02 Å². The van der Waals surface area contributed by atoms with Crippen molar-refractivity contribution in [2.75, 3.05) is 19.7 Å². The second kappa shape index (κ2) is 8.22. The molecule has 156 valence electrons. The number of amides is 1. The Morgan fingerprint density at radius 1 is 1.23 bits per heavy atom. The van der Waals surface area contributed by atoms with Gasteiger partial charge in [-0.25, -0.2) is 4.98 Å². The number of pyridine rings is 1. The number of carbonyl (C=O) groups excluding carboxylic acids is 1. The quantitative estimate of drug-likeness (QED) is 0.509. The van der Waals surface area contributed by atoms with E-state index in [-0.39, 0.29) is 17.6 Å². The lowest BCUT2D eigenvalue weighted by Gasteiger charge is -2.33. The van der Waals surface area contributed by atoms with Crippen LogP contribution in [-0.2, 0) is 4.74 Å². The zero-order valence-corrected chi connectivity index (χ0v) is 17.8. The lowest BCUT2D eigenvalue weighted by Crippen LogP contribution is -2.42. The average molecular weight is 453 g/mol. The van der Waals surface area contributed by atoms with Crippen molar-refractivity contribution in [2.24, 2.45) is 0 Å². The molecule has 1 unspecified atom stereocenters. The standard InChI is InChI=1S/C22H17ClN4O3S/c23-15-6-2-1-5-13(15)17-11-27(9-10-30-17)22(29)14-12-31-19-18(14)25-20(26-21(19)28)16-7-3-4-8-24-16/h1-8,12,17H,9-11H2,(H,25,26,28). The highest BCUT2D eigenvalue weighted by Crippen LogP contribution is 2.30. The van der Waals surface area contributed by atoms with Crippen LogP contribution in [0, 0.1) is 0 Å². The van der Waals surface area contributed by atoms with Crippen molar-refractivity contribution in [1.82, 2.24) is 19.9 Å². The third-order valence-electron chi connectivity index (χ3n) is 5.17. The van der Waals surface area contributed by atoms with E-state index in [1.807, 2.05) is 30.3 Å². The topological polar surface area (TPSA) is 88.2 Å². The number of morpholine rings is 1. The number of fused-ring (bicyclic) bond motifs is 1. The molecule has 4 aromatic rings. The number of carbonyl (C=O) groups is 1. The number of H-pyrrole nitrogens is 1. The van der Waals surface area contributed by atoms with Gasteiger partial charge in [0.2, 0.25) is 0 Å². The highest BCUT2D eigenvalue weighted by molar-refractivity contribution is 7.17. The van der Waals surface area contributed by atoms with Crippen LogP contribution in [0.4, 0.5) is 0 Å². The van der Waals surface area contributed by atoms with Gasteiger partial charge in [-0.2, -0.15) is 0 Å².